The molecule has 0 aromatic heterocycles. The Balaban J connectivity index is 2.07. The van der Waals surface area contributed by atoms with Crippen LogP contribution in [0.5, 0.6) is 0 Å². The molecule has 1 fully saturated rings. The van der Waals surface area contributed by atoms with Crippen LogP contribution >= 0.6 is 11.6 Å². The zero-order valence-corrected chi connectivity index (χ0v) is 12.8. The van der Waals surface area contributed by atoms with Crippen molar-refractivity contribution in [1.82, 2.24) is 0 Å². The minimum absolute atomic E-state index is 0.223. The van der Waals surface area contributed by atoms with Gasteiger partial charge in [0.2, 0.25) is 0 Å². The highest BCUT2D eigenvalue weighted by atomic mass is 35.5. The number of allylic oxidation sites excluding steroid dienone is 1. The van der Waals surface area contributed by atoms with Crippen LogP contribution in [0.15, 0.2) is 24.3 Å². The molecule has 0 spiro atoms. The molecule has 2 rings (SSSR count). The number of halogens is 4. The van der Waals surface area contributed by atoms with E-state index in [1.165, 1.54) is 19.3 Å². The maximum absolute atomic E-state index is 12.2. The van der Waals surface area contributed by atoms with Gasteiger partial charge in [-0.3, -0.25) is 0 Å². The summed E-state index contributed by atoms with van der Waals surface area (Å²) < 4.78 is 36.6. The van der Waals surface area contributed by atoms with Gasteiger partial charge in [0.15, 0.2) is 0 Å². The van der Waals surface area contributed by atoms with Crippen molar-refractivity contribution in [2.45, 2.75) is 51.1 Å². The molecule has 4 heteroatoms. The van der Waals surface area contributed by atoms with Gasteiger partial charge in [-0.2, -0.15) is 13.2 Å². The van der Waals surface area contributed by atoms with Gasteiger partial charge in [0.25, 0.3) is 0 Å². The van der Waals surface area contributed by atoms with E-state index in [1.54, 1.807) is 6.07 Å². The van der Waals surface area contributed by atoms with Gasteiger partial charge in [-0.15, -0.1) is 0 Å². The topological polar surface area (TPSA) is 0 Å². The Hall–Kier alpha value is -0.960. The van der Waals surface area contributed by atoms with E-state index in [0.29, 0.717) is 16.5 Å². The molecule has 0 N–H and O–H groups in total. The molecule has 116 valence electrons. The van der Waals surface area contributed by atoms with E-state index in [9.17, 15) is 13.2 Å². The predicted octanol–water partition coefficient (Wildman–Crippen LogP) is 6.60. The average Bonchev–Trinajstić information content (AvgIpc) is 2.45. The molecule has 21 heavy (non-hydrogen) atoms. The summed E-state index contributed by atoms with van der Waals surface area (Å²) in [7, 11) is 0. The van der Waals surface area contributed by atoms with Crippen LogP contribution in [-0.4, -0.2) is 6.18 Å². The van der Waals surface area contributed by atoms with Gasteiger partial charge in [-0.25, -0.2) is 0 Å². The summed E-state index contributed by atoms with van der Waals surface area (Å²) >= 11 is 6.11. The number of benzene rings is 1. The molecule has 0 heterocycles. The lowest BCUT2D eigenvalue weighted by molar-refractivity contribution is -0.0790. The Morgan fingerprint density at radius 3 is 2.38 bits per heavy atom. The van der Waals surface area contributed by atoms with E-state index in [4.69, 9.17) is 11.6 Å². The fraction of sp³-hybridized carbons (Fsp3) is 0.529. The molecule has 1 aromatic rings. The van der Waals surface area contributed by atoms with Gasteiger partial charge >= 0.3 is 6.18 Å². The summed E-state index contributed by atoms with van der Waals surface area (Å²) in [5.41, 5.74) is 1.57. The third kappa shape index (κ3) is 4.77. The SMILES string of the molecule is CCC1CCC(c2ccc(/C=C\C(F)(F)F)c(Cl)c2)CC1. The van der Waals surface area contributed by atoms with Gasteiger partial charge in [0.1, 0.15) is 0 Å². The normalized spacial score (nSPS) is 23.7. The summed E-state index contributed by atoms with van der Waals surface area (Å²) in [5.74, 6) is 1.32. The Morgan fingerprint density at radius 2 is 1.86 bits per heavy atom. The second-order valence-electron chi connectivity index (χ2n) is 5.78. The maximum atomic E-state index is 12.2. The van der Waals surface area contributed by atoms with E-state index in [1.807, 2.05) is 12.1 Å². The molecular weight excluding hydrogens is 297 g/mol. The summed E-state index contributed by atoms with van der Waals surface area (Å²) in [5, 5.41) is 0.394. The Bertz CT molecular complexity index is 497. The Kier molecular flexibility index (Phi) is 5.37. The first kappa shape index (κ1) is 16.4. The highest BCUT2D eigenvalue weighted by Crippen LogP contribution is 2.38. The molecule has 0 aliphatic heterocycles. The Labute approximate surface area is 129 Å². The first-order chi connectivity index (χ1) is 9.89. The predicted molar refractivity (Wildman–Crippen MR) is 81.5 cm³/mol. The van der Waals surface area contributed by atoms with Crippen LogP contribution in [0.1, 0.15) is 56.1 Å². The van der Waals surface area contributed by atoms with Gasteiger partial charge in [-0.05, 0) is 60.8 Å². The van der Waals surface area contributed by atoms with E-state index in [2.05, 4.69) is 6.92 Å². The van der Waals surface area contributed by atoms with Crippen molar-refractivity contribution in [2.75, 3.05) is 0 Å². The van der Waals surface area contributed by atoms with Crippen LogP contribution in [0.25, 0.3) is 6.08 Å². The second-order valence-corrected chi connectivity index (χ2v) is 6.19. The molecule has 1 aromatic carbocycles. The molecular formula is C17H20ClF3. The van der Waals surface area contributed by atoms with Crippen LogP contribution in [0, 0.1) is 5.92 Å². The van der Waals surface area contributed by atoms with Crippen LogP contribution in [-0.2, 0) is 0 Å². The monoisotopic (exact) mass is 316 g/mol. The van der Waals surface area contributed by atoms with Crippen molar-refractivity contribution in [2.24, 2.45) is 5.92 Å². The lowest BCUT2D eigenvalue weighted by atomic mass is 9.78. The molecule has 0 atom stereocenters. The van der Waals surface area contributed by atoms with Crippen molar-refractivity contribution in [1.29, 1.82) is 0 Å². The van der Waals surface area contributed by atoms with Crippen LogP contribution in [0.2, 0.25) is 5.02 Å². The minimum atomic E-state index is -4.31. The minimum Gasteiger partial charge on any atom is -0.167 e. The van der Waals surface area contributed by atoms with Crippen LogP contribution < -0.4 is 0 Å². The molecule has 0 bridgehead atoms. The third-order valence-electron chi connectivity index (χ3n) is 4.37. The molecule has 1 saturated carbocycles. The van der Waals surface area contributed by atoms with E-state index >= 15 is 0 Å². The van der Waals surface area contributed by atoms with Crippen molar-refractivity contribution >= 4 is 17.7 Å². The highest BCUT2D eigenvalue weighted by Gasteiger charge is 2.23. The zero-order valence-electron chi connectivity index (χ0n) is 12.1. The fourth-order valence-corrected chi connectivity index (χ4v) is 3.27. The van der Waals surface area contributed by atoms with Crippen LogP contribution in [0.3, 0.4) is 0 Å². The maximum Gasteiger partial charge on any atom is 0.409 e. The van der Waals surface area contributed by atoms with Gasteiger partial charge in [0.05, 0.1) is 0 Å². The van der Waals surface area contributed by atoms with Crippen molar-refractivity contribution in [3.05, 3.63) is 40.4 Å². The first-order valence-corrected chi connectivity index (χ1v) is 7.82. The molecule has 0 saturated heterocycles. The van der Waals surface area contributed by atoms with E-state index < -0.39 is 6.18 Å². The third-order valence-corrected chi connectivity index (χ3v) is 4.70. The lowest BCUT2D eigenvalue weighted by Gasteiger charge is -2.28. The van der Waals surface area contributed by atoms with E-state index in [-0.39, 0.29) is 6.08 Å². The highest BCUT2D eigenvalue weighted by molar-refractivity contribution is 6.32. The fourth-order valence-electron chi connectivity index (χ4n) is 3.02. The average molecular weight is 317 g/mol. The number of hydrogen-bond donors (Lipinski definition) is 0. The summed E-state index contributed by atoms with van der Waals surface area (Å²) in [6.45, 7) is 2.23. The largest absolute Gasteiger partial charge is 0.409 e. The smallest absolute Gasteiger partial charge is 0.167 e. The Morgan fingerprint density at radius 1 is 1.19 bits per heavy atom. The number of hydrogen-bond acceptors (Lipinski definition) is 0. The number of rotatable bonds is 3. The van der Waals surface area contributed by atoms with Crippen molar-refractivity contribution < 1.29 is 13.2 Å². The summed E-state index contributed by atoms with van der Waals surface area (Å²) in [6.07, 6.45) is 2.93. The molecule has 0 radical (unpaired) electrons. The number of alkyl halides is 3. The molecule has 0 unspecified atom stereocenters. The molecule has 1 aliphatic rings. The summed E-state index contributed by atoms with van der Waals surface area (Å²) in [4.78, 5) is 0. The van der Waals surface area contributed by atoms with Crippen molar-refractivity contribution in [3.8, 4) is 0 Å². The quantitative estimate of drug-likeness (QED) is 0.589. The summed E-state index contributed by atoms with van der Waals surface area (Å²) in [6, 6.07) is 5.43. The van der Waals surface area contributed by atoms with Crippen molar-refractivity contribution in [3.63, 3.8) is 0 Å². The first-order valence-electron chi connectivity index (χ1n) is 7.44. The van der Waals surface area contributed by atoms with Gasteiger partial charge in [0, 0.05) is 11.1 Å². The lowest BCUT2D eigenvalue weighted by Crippen LogP contribution is -2.12. The van der Waals surface area contributed by atoms with Gasteiger partial charge in [-0.1, -0.05) is 37.1 Å². The molecule has 0 nitrogen and oxygen atoms in total. The standard InChI is InChI=1S/C17H20ClF3/c1-2-12-3-5-13(6-4-12)15-8-7-14(16(18)11-15)9-10-17(19,20)21/h7-13H,2-6H2,1H3/b10-9-. The van der Waals surface area contributed by atoms with E-state index in [0.717, 1.165) is 30.4 Å². The second kappa shape index (κ2) is 6.87. The van der Waals surface area contributed by atoms with Gasteiger partial charge < -0.3 is 0 Å². The zero-order chi connectivity index (χ0) is 15.5. The van der Waals surface area contributed by atoms with Crippen LogP contribution in [0.4, 0.5) is 13.2 Å². The molecule has 0 amide bonds. The molecule has 1 aliphatic carbocycles.